The van der Waals surface area contributed by atoms with E-state index in [1.165, 1.54) is 43.2 Å². The van der Waals surface area contributed by atoms with E-state index >= 15 is 0 Å². The van der Waals surface area contributed by atoms with Crippen LogP contribution in [0.15, 0.2) is 18.2 Å². The van der Waals surface area contributed by atoms with Crippen molar-refractivity contribution >= 4 is 0 Å². The minimum absolute atomic E-state index is 0.0868. The number of fused-ring (bicyclic) bond motifs is 1. The topological polar surface area (TPSA) is 12.0 Å². The molecule has 1 N–H and O–H groups in total. The van der Waals surface area contributed by atoms with Crippen LogP contribution in [-0.4, -0.2) is 6.04 Å². The highest BCUT2D eigenvalue weighted by Gasteiger charge is 2.32. The zero-order valence-corrected chi connectivity index (χ0v) is 11.8. The van der Waals surface area contributed by atoms with Crippen LogP contribution in [0.5, 0.6) is 0 Å². The first-order chi connectivity index (χ1) is 9.28. The molecule has 2 atom stereocenters. The fraction of sp³-hybridized carbons (Fsp3) is 0.647. The van der Waals surface area contributed by atoms with Gasteiger partial charge in [0.1, 0.15) is 5.82 Å². The van der Waals surface area contributed by atoms with Crippen molar-refractivity contribution in [2.45, 2.75) is 64.0 Å². The van der Waals surface area contributed by atoms with E-state index in [1.54, 1.807) is 12.1 Å². The molecule has 1 nitrogen and oxygen atoms in total. The molecule has 1 saturated carbocycles. The Labute approximate surface area is 115 Å². The van der Waals surface area contributed by atoms with Gasteiger partial charge in [-0.2, -0.15) is 0 Å². The first-order valence-corrected chi connectivity index (χ1v) is 7.82. The molecule has 104 valence electrons. The molecule has 0 saturated heterocycles. The summed E-state index contributed by atoms with van der Waals surface area (Å²) in [6.07, 6.45) is 8.84. The van der Waals surface area contributed by atoms with Crippen molar-refractivity contribution < 1.29 is 4.39 Å². The molecule has 0 aromatic heterocycles. The van der Waals surface area contributed by atoms with Gasteiger partial charge in [0.25, 0.3) is 0 Å². The Morgan fingerprint density at radius 3 is 2.74 bits per heavy atom. The van der Waals surface area contributed by atoms with Crippen LogP contribution in [0.3, 0.4) is 0 Å². The van der Waals surface area contributed by atoms with E-state index in [4.69, 9.17) is 0 Å². The molecule has 2 unspecified atom stereocenters. The number of rotatable bonds is 2. The van der Waals surface area contributed by atoms with Gasteiger partial charge in [-0.3, -0.25) is 0 Å². The summed E-state index contributed by atoms with van der Waals surface area (Å²) in [4.78, 5) is 0. The third kappa shape index (κ3) is 2.69. The van der Waals surface area contributed by atoms with E-state index in [2.05, 4.69) is 12.2 Å². The van der Waals surface area contributed by atoms with Crippen molar-refractivity contribution in [3.63, 3.8) is 0 Å². The second-order valence-electron chi connectivity index (χ2n) is 6.19. The molecule has 0 spiro atoms. The van der Waals surface area contributed by atoms with Gasteiger partial charge in [-0.05, 0) is 54.9 Å². The van der Waals surface area contributed by atoms with Gasteiger partial charge in [-0.15, -0.1) is 0 Å². The minimum Gasteiger partial charge on any atom is -0.307 e. The molecule has 3 rings (SSSR count). The van der Waals surface area contributed by atoms with Crippen LogP contribution in [0.1, 0.15) is 62.6 Å². The second kappa shape index (κ2) is 5.62. The Morgan fingerprint density at radius 1 is 1.21 bits per heavy atom. The van der Waals surface area contributed by atoms with Crippen LogP contribution >= 0.6 is 0 Å². The average Bonchev–Trinajstić information content (AvgIpc) is 2.47. The monoisotopic (exact) mass is 261 g/mol. The maximum atomic E-state index is 13.6. The number of hydrogen-bond acceptors (Lipinski definition) is 1. The first kappa shape index (κ1) is 13.1. The van der Waals surface area contributed by atoms with Crippen molar-refractivity contribution in [1.29, 1.82) is 0 Å². The average molecular weight is 261 g/mol. The van der Waals surface area contributed by atoms with Gasteiger partial charge in [0.05, 0.1) is 0 Å². The number of benzene rings is 1. The lowest BCUT2D eigenvalue weighted by atomic mass is 9.77. The molecule has 2 heteroatoms. The quantitative estimate of drug-likeness (QED) is 0.833. The summed E-state index contributed by atoms with van der Waals surface area (Å²) >= 11 is 0. The summed E-state index contributed by atoms with van der Waals surface area (Å²) in [6.45, 7) is 2.24. The molecule has 1 aliphatic carbocycles. The maximum Gasteiger partial charge on any atom is 0.123 e. The summed E-state index contributed by atoms with van der Waals surface area (Å²) in [5, 5.41) is 3.79. The Kier molecular flexibility index (Phi) is 3.88. The normalized spacial score (nSPS) is 28.1. The SMILES string of the molecule is CCC1Cc2ccc(F)cc2C(C2CCCCC2)N1. The summed E-state index contributed by atoms with van der Waals surface area (Å²) in [7, 11) is 0. The molecule has 19 heavy (non-hydrogen) atoms. The van der Waals surface area contributed by atoms with Crippen LogP contribution in [0.25, 0.3) is 0 Å². The lowest BCUT2D eigenvalue weighted by Crippen LogP contribution is -2.42. The summed E-state index contributed by atoms with van der Waals surface area (Å²) in [6, 6.07) is 6.33. The highest BCUT2D eigenvalue weighted by Crippen LogP contribution is 2.39. The fourth-order valence-electron chi connectivity index (χ4n) is 3.83. The highest BCUT2D eigenvalue weighted by atomic mass is 19.1. The van der Waals surface area contributed by atoms with Crippen LogP contribution in [0, 0.1) is 11.7 Å². The van der Waals surface area contributed by atoms with Crippen molar-refractivity contribution in [3.05, 3.63) is 35.1 Å². The van der Waals surface area contributed by atoms with Gasteiger partial charge in [0.2, 0.25) is 0 Å². The van der Waals surface area contributed by atoms with E-state index < -0.39 is 0 Å². The Bertz CT molecular complexity index is 437. The first-order valence-electron chi connectivity index (χ1n) is 7.82. The molecule has 1 aromatic carbocycles. The molecule has 0 radical (unpaired) electrons. The summed E-state index contributed by atoms with van der Waals surface area (Å²) in [5.74, 6) is 0.611. The minimum atomic E-state index is -0.0868. The molecule has 1 aromatic rings. The second-order valence-corrected chi connectivity index (χ2v) is 6.19. The van der Waals surface area contributed by atoms with Gasteiger partial charge >= 0.3 is 0 Å². The fourth-order valence-corrected chi connectivity index (χ4v) is 3.83. The molecule has 0 bridgehead atoms. The highest BCUT2D eigenvalue weighted by molar-refractivity contribution is 5.34. The van der Waals surface area contributed by atoms with Crippen LogP contribution < -0.4 is 5.32 Å². The molecule has 1 fully saturated rings. The Balaban J connectivity index is 1.91. The lowest BCUT2D eigenvalue weighted by Gasteiger charge is -2.39. The van der Waals surface area contributed by atoms with Crippen LogP contribution in [-0.2, 0) is 6.42 Å². The molecular weight excluding hydrogens is 237 g/mol. The van der Waals surface area contributed by atoms with E-state index in [0.29, 0.717) is 18.0 Å². The predicted octanol–water partition coefficient (Wildman–Crippen LogP) is 4.37. The molecular formula is C17H24FN. The van der Waals surface area contributed by atoms with Gasteiger partial charge in [0, 0.05) is 12.1 Å². The van der Waals surface area contributed by atoms with Gasteiger partial charge in [-0.1, -0.05) is 32.3 Å². The van der Waals surface area contributed by atoms with Gasteiger partial charge in [-0.25, -0.2) is 4.39 Å². The van der Waals surface area contributed by atoms with Gasteiger partial charge < -0.3 is 5.32 Å². The third-order valence-electron chi connectivity index (χ3n) is 4.94. The van der Waals surface area contributed by atoms with Crippen molar-refractivity contribution in [2.75, 3.05) is 0 Å². The number of halogens is 1. The maximum absolute atomic E-state index is 13.6. The Morgan fingerprint density at radius 2 is 2.00 bits per heavy atom. The molecule has 2 aliphatic rings. The zero-order valence-electron chi connectivity index (χ0n) is 11.8. The predicted molar refractivity (Wildman–Crippen MR) is 76.6 cm³/mol. The van der Waals surface area contributed by atoms with Gasteiger partial charge in [0.15, 0.2) is 0 Å². The number of hydrogen-bond donors (Lipinski definition) is 1. The summed E-state index contributed by atoms with van der Waals surface area (Å²) < 4.78 is 13.6. The molecule has 0 amide bonds. The lowest BCUT2D eigenvalue weighted by molar-refractivity contribution is 0.238. The zero-order chi connectivity index (χ0) is 13.2. The number of nitrogens with one attached hydrogen (secondary N) is 1. The van der Waals surface area contributed by atoms with Crippen LogP contribution in [0.2, 0.25) is 0 Å². The van der Waals surface area contributed by atoms with Crippen molar-refractivity contribution in [1.82, 2.24) is 5.32 Å². The van der Waals surface area contributed by atoms with E-state index in [-0.39, 0.29) is 5.82 Å². The van der Waals surface area contributed by atoms with E-state index in [0.717, 1.165) is 12.8 Å². The largest absolute Gasteiger partial charge is 0.307 e. The molecule has 1 heterocycles. The standard InChI is InChI=1S/C17H24FN/c1-2-15-10-13-8-9-14(18)11-16(13)17(19-15)12-6-4-3-5-7-12/h8-9,11-12,15,17,19H,2-7,10H2,1H3. The van der Waals surface area contributed by atoms with E-state index in [1.807, 2.05) is 6.07 Å². The van der Waals surface area contributed by atoms with Crippen molar-refractivity contribution in [3.8, 4) is 0 Å². The van der Waals surface area contributed by atoms with Crippen molar-refractivity contribution in [2.24, 2.45) is 5.92 Å². The van der Waals surface area contributed by atoms with Crippen LogP contribution in [0.4, 0.5) is 4.39 Å². The molecule has 1 aliphatic heterocycles. The third-order valence-corrected chi connectivity index (χ3v) is 4.94. The Hall–Kier alpha value is -0.890. The van der Waals surface area contributed by atoms with E-state index in [9.17, 15) is 4.39 Å². The smallest absolute Gasteiger partial charge is 0.123 e. The summed E-state index contributed by atoms with van der Waals surface area (Å²) in [5.41, 5.74) is 2.60.